The second-order valence-electron chi connectivity index (χ2n) is 6.04. The molecule has 0 N–H and O–H groups in total. The molecular weight excluding hydrogens is 263 g/mol. The number of hydrogen-bond donors (Lipinski definition) is 0. The summed E-state index contributed by atoms with van der Waals surface area (Å²) < 4.78 is 5.15. The first-order chi connectivity index (χ1) is 9.45. The minimum Gasteiger partial charge on any atom is -0.480 e. The Kier molecular flexibility index (Phi) is 4.50. The monoisotopic (exact) mass is 286 g/mol. The predicted molar refractivity (Wildman–Crippen MR) is 89.4 cm³/mol. The van der Waals surface area contributed by atoms with Gasteiger partial charge in [0, 0.05) is 5.41 Å². The molecule has 0 amide bonds. The van der Waals surface area contributed by atoms with Crippen LogP contribution in [0.2, 0.25) is 0 Å². The third-order valence-corrected chi connectivity index (χ3v) is 4.28. The maximum absolute atomic E-state index is 5.15. The van der Waals surface area contributed by atoms with Crippen LogP contribution in [-0.2, 0) is 5.41 Å². The highest BCUT2D eigenvalue weighted by atomic mass is 31.0. The Labute approximate surface area is 124 Å². The van der Waals surface area contributed by atoms with Crippen LogP contribution in [0.25, 0.3) is 0 Å². The fraction of sp³-hybridized carbons (Fsp3) is 0.333. The molecule has 2 heteroatoms. The van der Waals surface area contributed by atoms with Gasteiger partial charge in [0.05, 0.1) is 9.47 Å². The molecule has 0 fully saturated rings. The van der Waals surface area contributed by atoms with E-state index in [1.165, 1.54) is 16.7 Å². The van der Waals surface area contributed by atoms with Gasteiger partial charge in [0.1, 0.15) is 5.75 Å². The van der Waals surface area contributed by atoms with Gasteiger partial charge in [-0.25, -0.2) is 0 Å². The van der Waals surface area contributed by atoms with E-state index in [9.17, 15) is 0 Å². The van der Waals surface area contributed by atoms with Gasteiger partial charge in [-0.1, -0.05) is 64.1 Å². The zero-order chi connectivity index (χ0) is 14.8. The van der Waals surface area contributed by atoms with Crippen LogP contribution >= 0.6 is 9.47 Å². The van der Waals surface area contributed by atoms with Crippen molar-refractivity contribution in [1.29, 1.82) is 0 Å². The molecule has 1 atom stereocenters. The maximum atomic E-state index is 5.15. The lowest BCUT2D eigenvalue weighted by molar-refractivity contribution is 0.627. The first-order valence-corrected chi connectivity index (χ1v) is 7.50. The molecule has 1 nitrogen and oxygen atoms in total. The van der Waals surface area contributed by atoms with E-state index in [0.29, 0.717) is 5.92 Å². The van der Waals surface area contributed by atoms with Crippen molar-refractivity contribution in [2.24, 2.45) is 0 Å². The second-order valence-corrected chi connectivity index (χ2v) is 6.28. The van der Waals surface area contributed by atoms with E-state index in [4.69, 9.17) is 4.52 Å². The maximum Gasteiger partial charge on any atom is 0.122 e. The molecule has 0 aliphatic heterocycles. The minimum atomic E-state index is -0.00504. The molecule has 20 heavy (non-hydrogen) atoms. The molecule has 1 unspecified atom stereocenters. The van der Waals surface area contributed by atoms with Crippen molar-refractivity contribution in [2.75, 3.05) is 0 Å². The zero-order valence-electron chi connectivity index (χ0n) is 12.7. The summed E-state index contributed by atoms with van der Waals surface area (Å²) in [5, 5.41) is 0. The molecule has 0 radical (unpaired) electrons. The summed E-state index contributed by atoms with van der Waals surface area (Å²) >= 11 is 0. The van der Waals surface area contributed by atoms with Crippen LogP contribution in [0.5, 0.6) is 5.75 Å². The summed E-state index contributed by atoms with van der Waals surface area (Å²) in [5.74, 6) is 1.44. The predicted octanol–water partition coefficient (Wildman–Crippen LogP) is 5.30. The molecular formula is C18H23OP. The Bertz CT molecular complexity index is 553. The van der Waals surface area contributed by atoms with Crippen molar-refractivity contribution in [3.05, 3.63) is 65.2 Å². The van der Waals surface area contributed by atoms with E-state index in [1.807, 2.05) is 12.1 Å². The van der Waals surface area contributed by atoms with E-state index in [-0.39, 0.29) is 5.41 Å². The number of benzene rings is 2. The average Bonchev–Trinajstić information content (AvgIpc) is 2.47. The highest BCUT2D eigenvalue weighted by Crippen LogP contribution is 2.33. The third-order valence-electron chi connectivity index (χ3n) is 4.01. The first-order valence-electron chi connectivity index (χ1n) is 7.03. The average molecular weight is 286 g/mol. The largest absolute Gasteiger partial charge is 0.480 e. The van der Waals surface area contributed by atoms with E-state index in [2.05, 4.69) is 73.6 Å². The van der Waals surface area contributed by atoms with Crippen LogP contribution in [0.4, 0.5) is 0 Å². The van der Waals surface area contributed by atoms with E-state index < -0.39 is 0 Å². The van der Waals surface area contributed by atoms with Gasteiger partial charge < -0.3 is 4.52 Å². The van der Waals surface area contributed by atoms with E-state index in [1.54, 1.807) is 0 Å². The standard InChI is InChI=1S/C18H23OP/c1-13(2)14-5-7-15(8-6-14)18(3,4)16-9-11-17(19-20)12-10-16/h5-13H,20H2,1-4H3. The Morgan fingerprint density at radius 3 is 1.70 bits per heavy atom. The molecule has 0 aliphatic carbocycles. The SMILES string of the molecule is CC(C)c1ccc(C(C)(C)c2ccc(OP)cc2)cc1. The topological polar surface area (TPSA) is 9.23 Å². The van der Waals surface area contributed by atoms with Gasteiger partial charge in [-0.05, 0) is 34.7 Å². The molecule has 0 heterocycles. The molecule has 2 aromatic carbocycles. The lowest BCUT2D eigenvalue weighted by Crippen LogP contribution is -2.18. The van der Waals surface area contributed by atoms with Crippen LogP contribution in [0.3, 0.4) is 0 Å². The Balaban J connectivity index is 2.32. The lowest BCUT2D eigenvalue weighted by Gasteiger charge is -2.26. The van der Waals surface area contributed by atoms with Gasteiger partial charge in [-0.3, -0.25) is 0 Å². The van der Waals surface area contributed by atoms with Crippen molar-refractivity contribution in [3.8, 4) is 5.75 Å². The molecule has 0 saturated heterocycles. The molecule has 0 aliphatic rings. The zero-order valence-corrected chi connectivity index (χ0v) is 13.8. The third kappa shape index (κ3) is 3.04. The summed E-state index contributed by atoms with van der Waals surface area (Å²) in [6, 6.07) is 17.2. The Morgan fingerprint density at radius 1 is 0.850 bits per heavy atom. The van der Waals surface area contributed by atoms with Crippen molar-refractivity contribution in [3.63, 3.8) is 0 Å². The van der Waals surface area contributed by atoms with E-state index >= 15 is 0 Å². The van der Waals surface area contributed by atoms with Crippen LogP contribution in [0.15, 0.2) is 48.5 Å². The molecule has 0 aromatic heterocycles. The van der Waals surface area contributed by atoms with Crippen LogP contribution in [-0.4, -0.2) is 0 Å². The normalized spacial score (nSPS) is 11.7. The Hall–Kier alpha value is -1.33. The van der Waals surface area contributed by atoms with Gasteiger partial charge in [0.25, 0.3) is 0 Å². The van der Waals surface area contributed by atoms with Gasteiger partial charge in [-0.15, -0.1) is 0 Å². The van der Waals surface area contributed by atoms with Gasteiger partial charge >= 0.3 is 0 Å². The van der Waals surface area contributed by atoms with Gasteiger partial charge in [0.15, 0.2) is 0 Å². The van der Waals surface area contributed by atoms with Gasteiger partial charge in [-0.2, -0.15) is 0 Å². The lowest BCUT2D eigenvalue weighted by atomic mass is 9.77. The Morgan fingerprint density at radius 2 is 1.30 bits per heavy atom. The van der Waals surface area contributed by atoms with Crippen LogP contribution in [0.1, 0.15) is 50.3 Å². The quantitative estimate of drug-likeness (QED) is 0.692. The smallest absolute Gasteiger partial charge is 0.122 e. The number of hydrogen-bond acceptors (Lipinski definition) is 1. The highest BCUT2D eigenvalue weighted by Gasteiger charge is 2.23. The second kappa shape index (κ2) is 5.97. The fourth-order valence-corrected chi connectivity index (χ4v) is 2.56. The van der Waals surface area contributed by atoms with Crippen LogP contribution in [0, 0.1) is 0 Å². The molecule has 106 valence electrons. The van der Waals surface area contributed by atoms with Gasteiger partial charge in [0.2, 0.25) is 0 Å². The summed E-state index contributed by atoms with van der Waals surface area (Å²) in [7, 11) is 2.28. The number of rotatable bonds is 4. The molecule has 0 saturated carbocycles. The van der Waals surface area contributed by atoms with Crippen molar-refractivity contribution < 1.29 is 4.52 Å². The minimum absolute atomic E-state index is 0.00504. The van der Waals surface area contributed by atoms with Crippen molar-refractivity contribution >= 4 is 9.47 Å². The van der Waals surface area contributed by atoms with Crippen molar-refractivity contribution in [2.45, 2.75) is 39.0 Å². The first kappa shape index (κ1) is 15.1. The van der Waals surface area contributed by atoms with Crippen molar-refractivity contribution in [1.82, 2.24) is 0 Å². The summed E-state index contributed by atoms with van der Waals surface area (Å²) in [6.07, 6.45) is 0. The molecule has 0 spiro atoms. The van der Waals surface area contributed by atoms with E-state index in [0.717, 1.165) is 5.75 Å². The summed E-state index contributed by atoms with van der Waals surface area (Å²) in [5.41, 5.74) is 4.01. The molecule has 2 rings (SSSR count). The van der Waals surface area contributed by atoms with Crippen LogP contribution < -0.4 is 4.52 Å². The summed E-state index contributed by atoms with van der Waals surface area (Å²) in [6.45, 7) is 8.96. The molecule has 0 bridgehead atoms. The highest BCUT2D eigenvalue weighted by molar-refractivity contribution is 7.10. The molecule has 2 aromatic rings. The fourth-order valence-electron chi connectivity index (χ4n) is 2.40. The summed E-state index contributed by atoms with van der Waals surface area (Å²) in [4.78, 5) is 0.